The highest BCUT2D eigenvalue weighted by molar-refractivity contribution is 7.91. The summed E-state index contributed by atoms with van der Waals surface area (Å²) in [5.74, 6) is -0.844. The molecule has 0 spiro atoms. The zero-order valence-corrected chi connectivity index (χ0v) is 19.7. The number of ether oxygens (including phenoxy) is 1. The second-order valence-corrected chi connectivity index (χ2v) is 9.64. The van der Waals surface area contributed by atoms with Crippen LogP contribution in [0.2, 0.25) is 0 Å². The van der Waals surface area contributed by atoms with Crippen LogP contribution < -0.4 is 4.74 Å². The van der Waals surface area contributed by atoms with E-state index >= 15 is 0 Å². The van der Waals surface area contributed by atoms with Gasteiger partial charge < -0.3 is 9.57 Å². The molecular formula is C22H27N3O6S. The van der Waals surface area contributed by atoms with Crippen LogP contribution in [0, 0.1) is 13.8 Å². The van der Waals surface area contributed by atoms with Crippen LogP contribution in [0.3, 0.4) is 0 Å². The van der Waals surface area contributed by atoms with E-state index in [9.17, 15) is 18.0 Å². The second kappa shape index (κ2) is 9.23. The maximum absolute atomic E-state index is 13.6. The van der Waals surface area contributed by atoms with Crippen molar-refractivity contribution in [2.75, 3.05) is 12.9 Å². The third-order valence-corrected chi connectivity index (χ3v) is 7.27. The lowest BCUT2D eigenvalue weighted by Gasteiger charge is -2.23. The van der Waals surface area contributed by atoms with Gasteiger partial charge in [-0.15, -0.1) is 0 Å². The number of carbonyl (C=O) groups excluding carboxylic acids is 2. The van der Waals surface area contributed by atoms with Gasteiger partial charge in [-0.25, -0.2) is 13.1 Å². The molecule has 0 bridgehead atoms. The molecule has 0 amide bonds. The zero-order valence-electron chi connectivity index (χ0n) is 18.9. The van der Waals surface area contributed by atoms with Gasteiger partial charge in [0.25, 0.3) is 0 Å². The molecule has 0 unspecified atom stereocenters. The van der Waals surface area contributed by atoms with Crippen molar-refractivity contribution >= 4 is 27.3 Å². The van der Waals surface area contributed by atoms with Gasteiger partial charge in [0.1, 0.15) is 12.7 Å². The number of benzene rings is 1. The molecule has 0 saturated heterocycles. The van der Waals surface area contributed by atoms with Crippen molar-refractivity contribution in [3.8, 4) is 5.88 Å². The Kier molecular flexibility index (Phi) is 6.82. The van der Waals surface area contributed by atoms with Gasteiger partial charge in [-0.1, -0.05) is 12.1 Å². The van der Waals surface area contributed by atoms with Crippen LogP contribution in [0.5, 0.6) is 5.88 Å². The highest BCUT2D eigenvalue weighted by Gasteiger charge is 2.34. The number of nitrogens with zero attached hydrogens (tertiary/aromatic N) is 3. The maximum atomic E-state index is 13.6. The smallest absolute Gasteiger partial charge is 0.312 e. The summed E-state index contributed by atoms with van der Waals surface area (Å²) in [5.41, 5.74) is 2.24. The van der Waals surface area contributed by atoms with E-state index in [1.165, 1.54) is 18.0 Å². The van der Waals surface area contributed by atoms with Crippen molar-refractivity contribution in [2.45, 2.75) is 58.4 Å². The minimum Gasteiger partial charge on any atom is -0.407 e. The topological polar surface area (TPSA) is 117 Å². The minimum atomic E-state index is -3.52. The fourth-order valence-electron chi connectivity index (χ4n) is 3.91. The van der Waals surface area contributed by atoms with Crippen LogP contribution in [0.1, 0.15) is 65.7 Å². The van der Waals surface area contributed by atoms with Gasteiger partial charge >= 0.3 is 5.97 Å². The Hall–Kier alpha value is -3.01. The third-order valence-electron chi connectivity index (χ3n) is 5.38. The molecule has 0 atom stereocenters. The SMILES string of the molecule is CCCC(=O)Oc1c(C(=O)c2cc(C)c3c(c2C)C(=NOC)CCS3(=O)=O)cnn1CC. The van der Waals surface area contributed by atoms with Crippen LogP contribution in [-0.4, -0.2) is 48.5 Å². The van der Waals surface area contributed by atoms with E-state index in [0.29, 0.717) is 40.9 Å². The standard InChI is InChI=1S/C22H27N3O6S/c1-6-8-18(26)31-22-16(12-23-25(22)7-2)20(27)15-11-13(3)21-19(14(15)4)17(24-30-5)9-10-32(21,28)29/h11-12H,6-10H2,1-5H3. The molecule has 9 nitrogen and oxygen atoms in total. The molecule has 0 radical (unpaired) electrons. The first-order valence-electron chi connectivity index (χ1n) is 10.4. The molecule has 1 aliphatic heterocycles. The van der Waals surface area contributed by atoms with Crippen molar-refractivity contribution in [2.24, 2.45) is 5.16 Å². The summed E-state index contributed by atoms with van der Waals surface area (Å²) in [6.07, 6.45) is 2.39. The summed E-state index contributed by atoms with van der Waals surface area (Å²) in [6, 6.07) is 1.56. The molecule has 172 valence electrons. The van der Waals surface area contributed by atoms with Gasteiger partial charge in [0.15, 0.2) is 15.6 Å². The summed E-state index contributed by atoms with van der Waals surface area (Å²) < 4.78 is 32.5. The Morgan fingerprint density at radius 3 is 2.56 bits per heavy atom. The van der Waals surface area contributed by atoms with E-state index in [4.69, 9.17) is 9.57 Å². The number of rotatable bonds is 7. The number of hydrogen-bond acceptors (Lipinski definition) is 8. The van der Waals surface area contributed by atoms with E-state index in [2.05, 4.69) is 10.3 Å². The van der Waals surface area contributed by atoms with Crippen LogP contribution in [-0.2, 0) is 26.0 Å². The van der Waals surface area contributed by atoms with Crippen molar-refractivity contribution in [3.63, 3.8) is 0 Å². The van der Waals surface area contributed by atoms with E-state index in [1.807, 2.05) is 13.8 Å². The molecule has 32 heavy (non-hydrogen) atoms. The summed E-state index contributed by atoms with van der Waals surface area (Å²) in [6.45, 7) is 7.43. The van der Waals surface area contributed by atoms with Crippen molar-refractivity contribution in [1.29, 1.82) is 0 Å². The van der Waals surface area contributed by atoms with E-state index in [-0.39, 0.29) is 34.9 Å². The number of ketones is 1. The van der Waals surface area contributed by atoms with Crippen LogP contribution >= 0.6 is 0 Å². The number of hydrogen-bond donors (Lipinski definition) is 0. The average molecular weight is 462 g/mol. The van der Waals surface area contributed by atoms with Gasteiger partial charge in [0.05, 0.1) is 22.6 Å². The molecule has 3 rings (SSSR count). The molecule has 0 N–H and O–H groups in total. The molecule has 1 aliphatic rings. The predicted molar refractivity (Wildman–Crippen MR) is 118 cm³/mol. The van der Waals surface area contributed by atoms with E-state index < -0.39 is 21.6 Å². The monoisotopic (exact) mass is 461 g/mol. The Labute approximate surface area is 187 Å². The summed E-state index contributed by atoms with van der Waals surface area (Å²) in [5, 5.41) is 8.20. The van der Waals surface area contributed by atoms with Gasteiger partial charge in [-0.2, -0.15) is 5.10 Å². The van der Waals surface area contributed by atoms with Crippen molar-refractivity contribution in [1.82, 2.24) is 9.78 Å². The van der Waals surface area contributed by atoms with Gasteiger partial charge in [0, 0.05) is 30.5 Å². The lowest BCUT2D eigenvalue weighted by atomic mass is 9.91. The quantitative estimate of drug-likeness (QED) is 0.353. The Morgan fingerprint density at radius 1 is 1.22 bits per heavy atom. The zero-order chi connectivity index (χ0) is 23.6. The fraction of sp³-hybridized carbons (Fsp3) is 0.455. The molecular weight excluding hydrogens is 434 g/mol. The largest absolute Gasteiger partial charge is 0.407 e. The molecule has 0 aliphatic carbocycles. The number of carbonyl (C=O) groups is 2. The van der Waals surface area contributed by atoms with Crippen LogP contribution in [0.25, 0.3) is 0 Å². The van der Waals surface area contributed by atoms with Gasteiger partial charge in [0.2, 0.25) is 5.88 Å². The Bertz CT molecular complexity index is 1210. The molecule has 10 heteroatoms. The highest BCUT2D eigenvalue weighted by atomic mass is 32.2. The van der Waals surface area contributed by atoms with E-state index in [0.717, 1.165) is 0 Å². The highest BCUT2D eigenvalue weighted by Crippen LogP contribution is 2.35. The minimum absolute atomic E-state index is 0.0729. The number of esters is 1. The molecule has 1 aromatic heterocycles. The first-order chi connectivity index (χ1) is 15.2. The van der Waals surface area contributed by atoms with Crippen LogP contribution in [0.4, 0.5) is 0 Å². The lowest BCUT2D eigenvalue weighted by Crippen LogP contribution is -2.26. The Balaban J connectivity index is 2.19. The lowest BCUT2D eigenvalue weighted by molar-refractivity contribution is -0.134. The number of aryl methyl sites for hydroxylation is 2. The second-order valence-electron chi connectivity index (χ2n) is 7.59. The fourth-order valence-corrected chi connectivity index (χ4v) is 5.70. The first-order valence-corrected chi connectivity index (χ1v) is 12.1. The first kappa shape index (κ1) is 23.6. The third kappa shape index (κ3) is 4.19. The summed E-state index contributed by atoms with van der Waals surface area (Å²) in [7, 11) is -2.13. The average Bonchev–Trinajstić information content (AvgIpc) is 3.13. The van der Waals surface area contributed by atoms with E-state index in [1.54, 1.807) is 19.9 Å². The Morgan fingerprint density at radius 2 is 1.94 bits per heavy atom. The molecule has 0 fully saturated rings. The summed E-state index contributed by atoms with van der Waals surface area (Å²) in [4.78, 5) is 30.8. The molecule has 0 saturated carbocycles. The normalized spacial score (nSPS) is 16.0. The van der Waals surface area contributed by atoms with Gasteiger partial charge in [-0.3, -0.25) is 9.59 Å². The number of oxime groups is 1. The predicted octanol–water partition coefficient (Wildman–Crippen LogP) is 2.98. The molecule has 1 aromatic carbocycles. The molecule has 2 aromatic rings. The van der Waals surface area contributed by atoms with Crippen LogP contribution in [0.15, 0.2) is 22.3 Å². The van der Waals surface area contributed by atoms with Crippen molar-refractivity contribution < 1.29 is 27.6 Å². The van der Waals surface area contributed by atoms with Gasteiger partial charge in [-0.05, 0) is 44.4 Å². The maximum Gasteiger partial charge on any atom is 0.312 e. The number of fused-ring (bicyclic) bond motifs is 1. The number of aromatic nitrogens is 2. The molecule has 2 heterocycles. The summed E-state index contributed by atoms with van der Waals surface area (Å²) >= 11 is 0. The van der Waals surface area contributed by atoms with Crippen molar-refractivity contribution in [3.05, 3.63) is 40.1 Å². The number of sulfone groups is 1.